The van der Waals surface area contributed by atoms with E-state index in [-0.39, 0.29) is 12.5 Å². The molecule has 0 bridgehead atoms. The van der Waals surface area contributed by atoms with Crippen LogP contribution >= 0.6 is 23.2 Å². The van der Waals surface area contributed by atoms with Gasteiger partial charge in [0.25, 0.3) is 0 Å². The van der Waals surface area contributed by atoms with Gasteiger partial charge >= 0.3 is 0 Å². The summed E-state index contributed by atoms with van der Waals surface area (Å²) in [5.74, 6) is 0.410. The summed E-state index contributed by atoms with van der Waals surface area (Å²) in [6.07, 6.45) is 0. The lowest BCUT2D eigenvalue weighted by molar-refractivity contribution is -0.114. The van der Waals surface area contributed by atoms with E-state index in [9.17, 15) is 4.79 Å². The topological polar surface area (TPSA) is 50.4 Å². The Morgan fingerprint density at radius 3 is 2.57 bits per heavy atom. The van der Waals surface area contributed by atoms with Crippen LogP contribution in [0.3, 0.4) is 0 Å². The van der Waals surface area contributed by atoms with Gasteiger partial charge in [0.2, 0.25) is 5.91 Å². The Morgan fingerprint density at radius 2 is 1.91 bits per heavy atom. The van der Waals surface area contributed by atoms with Crippen LogP contribution in [0.15, 0.2) is 30.3 Å². The number of ether oxygens (including phenoxy) is 1. The first kappa shape index (κ1) is 17.4. The summed E-state index contributed by atoms with van der Waals surface area (Å²) in [4.78, 5) is 12.2. The summed E-state index contributed by atoms with van der Waals surface area (Å²) < 4.78 is 5.23. The highest BCUT2D eigenvalue weighted by Crippen LogP contribution is 2.29. The molecule has 0 saturated carbocycles. The summed E-state index contributed by atoms with van der Waals surface area (Å²) in [7, 11) is 1.56. The van der Waals surface area contributed by atoms with E-state index >= 15 is 0 Å². The minimum absolute atomic E-state index is 0.0698. The number of rotatable bonds is 5. The van der Waals surface area contributed by atoms with Crippen LogP contribution in [0.1, 0.15) is 11.1 Å². The van der Waals surface area contributed by atoms with Gasteiger partial charge in [0, 0.05) is 5.02 Å². The predicted molar refractivity (Wildman–Crippen MR) is 96.0 cm³/mol. The van der Waals surface area contributed by atoms with Crippen molar-refractivity contribution in [3.63, 3.8) is 0 Å². The number of hydrogen-bond donors (Lipinski definition) is 2. The molecule has 23 heavy (non-hydrogen) atoms. The van der Waals surface area contributed by atoms with Gasteiger partial charge in [0.05, 0.1) is 30.1 Å². The second-order valence-electron chi connectivity index (χ2n) is 5.18. The molecule has 0 heterocycles. The fourth-order valence-electron chi connectivity index (χ4n) is 2.25. The molecule has 2 aromatic carbocycles. The number of hydrogen-bond acceptors (Lipinski definition) is 3. The second-order valence-corrected chi connectivity index (χ2v) is 6.03. The Kier molecular flexibility index (Phi) is 5.74. The largest absolute Gasteiger partial charge is 0.495 e. The highest BCUT2D eigenvalue weighted by Gasteiger charge is 2.11. The van der Waals surface area contributed by atoms with Gasteiger partial charge in [0.1, 0.15) is 5.75 Å². The third-order valence-corrected chi connectivity index (χ3v) is 3.83. The van der Waals surface area contributed by atoms with Crippen molar-refractivity contribution in [3.05, 3.63) is 51.5 Å². The van der Waals surface area contributed by atoms with Crippen molar-refractivity contribution in [2.75, 3.05) is 24.3 Å². The van der Waals surface area contributed by atoms with E-state index in [0.29, 0.717) is 27.2 Å². The van der Waals surface area contributed by atoms with Crippen LogP contribution in [0, 0.1) is 13.8 Å². The maximum atomic E-state index is 12.2. The summed E-state index contributed by atoms with van der Waals surface area (Å²) in [6.45, 7) is 3.93. The average Bonchev–Trinajstić information content (AvgIpc) is 2.49. The lowest BCUT2D eigenvalue weighted by atomic mass is 10.1. The molecular formula is C17H18Cl2N2O2. The molecule has 0 aromatic heterocycles. The first-order chi connectivity index (χ1) is 10.9. The van der Waals surface area contributed by atoms with Gasteiger partial charge in [-0.05, 0) is 49.2 Å². The zero-order chi connectivity index (χ0) is 17.0. The molecule has 0 radical (unpaired) electrons. The van der Waals surface area contributed by atoms with Crippen molar-refractivity contribution in [2.24, 2.45) is 0 Å². The molecule has 0 spiro atoms. The molecule has 0 saturated heterocycles. The minimum Gasteiger partial charge on any atom is -0.495 e. The minimum atomic E-state index is -0.208. The van der Waals surface area contributed by atoms with E-state index < -0.39 is 0 Å². The van der Waals surface area contributed by atoms with E-state index in [0.717, 1.165) is 11.1 Å². The normalized spacial score (nSPS) is 10.3. The number of methoxy groups -OCH3 is 1. The molecule has 4 nitrogen and oxygen atoms in total. The summed E-state index contributed by atoms with van der Waals surface area (Å²) in [5.41, 5.74) is 3.25. The van der Waals surface area contributed by atoms with E-state index in [1.807, 2.05) is 26.0 Å². The Morgan fingerprint density at radius 1 is 1.17 bits per heavy atom. The van der Waals surface area contributed by atoms with Gasteiger partial charge in [-0.3, -0.25) is 4.79 Å². The summed E-state index contributed by atoms with van der Waals surface area (Å²) in [6, 6.07) is 8.95. The standard InChI is InChI=1S/C17H18Cl2N2O2/c1-10-6-11(2)17(13(19)7-10)21-16(22)9-20-14-8-12(18)4-5-15(14)23-3/h4-8,20H,9H2,1-3H3,(H,21,22). The monoisotopic (exact) mass is 352 g/mol. The first-order valence-corrected chi connectivity index (χ1v) is 7.80. The SMILES string of the molecule is COc1ccc(Cl)cc1NCC(=O)Nc1c(C)cc(C)cc1Cl. The second kappa shape index (κ2) is 7.57. The quantitative estimate of drug-likeness (QED) is 0.821. The number of anilines is 2. The average molecular weight is 353 g/mol. The predicted octanol–water partition coefficient (Wildman–Crippen LogP) is 4.67. The highest BCUT2D eigenvalue weighted by atomic mass is 35.5. The van der Waals surface area contributed by atoms with E-state index in [1.165, 1.54) is 0 Å². The van der Waals surface area contributed by atoms with Gasteiger partial charge in [-0.1, -0.05) is 29.3 Å². The number of aryl methyl sites for hydroxylation is 2. The molecule has 0 aliphatic rings. The lowest BCUT2D eigenvalue weighted by Crippen LogP contribution is -2.22. The van der Waals surface area contributed by atoms with Crippen molar-refractivity contribution in [3.8, 4) is 5.75 Å². The maximum absolute atomic E-state index is 12.2. The zero-order valence-electron chi connectivity index (χ0n) is 13.2. The van der Waals surface area contributed by atoms with Crippen molar-refractivity contribution in [2.45, 2.75) is 13.8 Å². The maximum Gasteiger partial charge on any atom is 0.243 e. The highest BCUT2D eigenvalue weighted by molar-refractivity contribution is 6.34. The third-order valence-electron chi connectivity index (χ3n) is 3.30. The molecule has 1 amide bonds. The fraction of sp³-hybridized carbons (Fsp3) is 0.235. The van der Waals surface area contributed by atoms with E-state index in [1.54, 1.807) is 25.3 Å². The number of carbonyl (C=O) groups excluding carboxylic acids is 1. The molecule has 2 rings (SSSR count). The van der Waals surface area contributed by atoms with Crippen molar-refractivity contribution < 1.29 is 9.53 Å². The van der Waals surface area contributed by atoms with Crippen LogP contribution in [-0.4, -0.2) is 19.6 Å². The van der Waals surface area contributed by atoms with E-state index in [4.69, 9.17) is 27.9 Å². The van der Waals surface area contributed by atoms with Crippen molar-refractivity contribution in [1.82, 2.24) is 0 Å². The number of nitrogens with one attached hydrogen (secondary N) is 2. The number of benzene rings is 2. The summed E-state index contributed by atoms with van der Waals surface area (Å²) >= 11 is 12.2. The van der Waals surface area contributed by atoms with Crippen LogP contribution in [0.5, 0.6) is 5.75 Å². The Hall–Kier alpha value is -1.91. The van der Waals surface area contributed by atoms with Gasteiger partial charge in [-0.15, -0.1) is 0 Å². The Balaban J connectivity index is 2.05. The number of carbonyl (C=O) groups is 1. The van der Waals surface area contributed by atoms with Gasteiger partial charge in [0.15, 0.2) is 0 Å². The van der Waals surface area contributed by atoms with Crippen LogP contribution in [-0.2, 0) is 4.79 Å². The molecular weight excluding hydrogens is 335 g/mol. The fourth-order valence-corrected chi connectivity index (χ4v) is 2.79. The molecule has 0 unspecified atom stereocenters. The lowest BCUT2D eigenvalue weighted by Gasteiger charge is -2.14. The van der Waals surface area contributed by atoms with Gasteiger partial charge in [-0.25, -0.2) is 0 Å². The molecule has 6 heteroatoms. The van der Waals surface area contributed by atoms with Crippen molar-refractivity contribution >= 4 is 40.5 Å². The molecule has 0 atom stereocenters. The van der Waals surface area contributed by atoms with Crippen LogP contribution in [0.2, 0.25) is 10.0 Å². The number of amides is 1. The molecule has 0 fully saturated rings. The molecule has 0 aliphatic heterocycles. The smallest absolute Gasteiger partial charge is 0.243 e. The molecule has 122 valence electrons. The zero-order valence-corrected chi connectivity index (χ0v) is 14.7. The Bertz CT molecular complexity index is 710. The summed E-state index contributed by atoms with van der Waals surface area (Å²) in [5, 5.41) is 6.92. The third kappa shape index (κ3) is 4.53. The van der Waals surface area contributed by atoms with Crippen LogP contribution < -0.4 is 15.4 Å². The van der Waals surface area contributed by atoms with E-state index in [2.05, 4.69) is 10.6 Å². The van der Waals surface area contributed by atoms with Crippen LogP contribution in [0.4, 0.5) is 11.4 Å². The van der Waals surface area contributed by atoms with Gasteiger partial charge < -0.3 is 15.4 Å². The van der Waals surface area contributed by atoms with Crippen molar-refractivity contribution in [1.29, 1.82) is 0 Å². The Labute approximate surface area is 145 Å². The number of halogens is 2. The first-order valence-electron chi connectivity index (χ1n) is 7.04. The molecule has 2 N–H and O–H groups in total. The van der Waals surface area contributed by atoms with Gasteiger partial charge in [-0.2, -0.15) is 0 Å². The molecule has 2 aromatic rings. The van der Waals surface area contributed by atoms with Crippen LogP contribution in [0.25, 0.3) is 0 Å². The molecule has 0 aliphatic carbocycles.